The lowest BCUT2D eigenvalue weighted by atomic mass is 10.0. The molecule has 0 aliphatic heterocycles. The van der Waals surface area contributed by atoms with Crippen LogP contribution in [0, 0.1) is 0 Å². The van der Waals surface area contributed by atoms with Crippen molar-refractivity contribution in [3.05, 3.63) is 0 Å². The molecule has 0 spiro atoms. The van der Waals surface area contributed by atoms with Crippen LogP contribution in [0.4, 0.5) is 0 Å². The average molecular weight is 583 g/mol. The summed E-state index contributed by atoms with van der Waals surface area (Å²) in [6.45, 7) is 7.68. The Hall–Kier alpha value is -0.570. The molecule has 0 saturated heterocycles. The van der Waals surface area contributed by atoms with Crippen LogP contribution in [0.1, 0.15) is 226 Å². The van der Waals surface area contributed by atoms with E-state index in [-0.39, 0.29) is 0 Å². The van der Waals surface area contributed by atoms with Gasteiger partial charge in [-0.2, -0.15) is 0 Å². The van der Waals surface area contributed by atoms with Gasteiger partial charge in [-0.1, -0.05) is 206 Å². The first-order valence-corrected chi connectivity index (χ1v) is 18.9. The van der Waals surface area contributed by atoms with Crippen LogP contribution in [-0.2, 0) is 9.53 Å². The Labute approximate surface area is 259 Å². The van der Waals surface area contributed by atoms with E-state index in [0.29, 0.717) is 0 Å². The summed E-state index contributed by atoms with van der Waals surface area (Å²) in [5.41, 5.74) is 0. The van der Waals surface area contributed by atoms with Crippen molar-refractivity contribution in [3.8, 4) is 0 Å². The van der Waals surface area contributed by atoms with Crippen LogP contribution < -0.4 is 0 Å². The number of carboxylic acids is 1. The van der Waals surface area contributed by atoms with Crippen LogP contribution in [0.25, 0.3) is 0 Å². The third kappa shape index (κ3) is 49.4. The molecule has 0 aliphatic rings. The van der Waals surface area contributed by atoms with Gasteiger partial charge in [0.2, 0.25) is 0 Å². The standard InChI is InChI=1S/C36H74O.C2H4O2/c1-3-5-7-9-11-13-15-17-19-21-23-25-27-29-31-33-35-37-36-34-32-30-28-26-24-22-20-18-16-14-12-10-8-6-4-2;1-2(3)4/h3-36H2,1-2H3;1H3,(H,3,4). The fourth-order valence-electron chi connectivity index (χ4n) is 5.61. The zero-order valence-corrected chi connectivity index (χ0v) is 28.8. The number of aliphatic carboxylic acids is 1. The molecule has 0 aliphatic carbocycles. The maximum atomic E-state index is 9.00. The molecule has 0 bridgehead atoms. The fourth-order valence-corrected chi connectivity index (χ4v) is 5.61. The Morgan fingerprint density at radius 3 is 0.683 bits per heavy atom. The maximum Gasteiger partial charge on any atom is 0.300 e. The zero-order chi connectivity index (χ0) is 30.3. The summed E-state index contributed by atoms with van der Waals surface area (Å²) in [7, 11) is 0. The number of hydrogen-bond acceptors (Lipinski definition) is 2. The molecule has 0 saturated carbocycles. The van der Waals surface area contributed by atoms with Crippen molar-refractivity contribution in [2.24, 2.45) is 0 Å². The molecule has 248 valence electrons. The second-order valence-electron chi connectivity index (χ2n) is 12.7. The summed E-state index contributed by atoms with van der Waals surface area (Å²) in [6, 6.07) is 0. The molecule has 3 heteroatoms. The van der Waals surface area contributed by atoms with E-state index >= 15 is 0 Å². The lowest BCUT2D eigenvalue weighted by molar-refractivity contribution is -0.134. The van der Waals surface area contributed by atoms with Crippen molar-refractivity contribution >= 4 is 5.97 Å². The Bertz CT molecular complexity index is 413. The van der Waals surface area contributed by atoms with Crippen molar-refractivity contribution in [2.75, 3.05) is 13.2 Å². The van der Waals surface area contributed by atoms with E-state index in [1.165, 1.54) is 205 Å². The summed E-state index contributed by atoms with van der Waals surface area (Å²) in [5, 5.41) is 7.42. The van der Waals surface area contributed by atoms with Crippen molar-refractivity contribution < 1.29 is 14.6 Å². The summed E-state index contributed by atoms with van der Waals surface area (Å²) in [5.74, 6) is -0.833. The summed E-state index contributed by atoms with van der Waals surface area (Å²) < 4.78 is 5.87. The molecule has 0 aromatic rings. The third-order valence-electron chi connectivity index (χ3n) is 8.28. The van der Waals surface area contributed by atoms with E-state index in [0.717, 1.165) is 20.1 Å². The molecule has 0 aromatic heterocycles. The Balaban J connectivity index is 0. The molecule has 0 amide bonds. The first-order valence-electron chi connectivity index (χ1n) is 18.9. The summed E-state index contributed by atoms with van der Waals surface area (Å²) in [6.07, 6.45) is 46.0. The number of carboxylic acid groups (broad SMARTS) is 1. The molecule has 0 rings (SSSR count). The lowest BCUT2D eigenvalue weighted by Gasteiger charge is -2.06. The second kappa shape index (κ2) is 41.6. The quantitative estimate of drug-likeness (QED) is 0.0767. The first kappa shape index (κ1) is 42.6. The molecule has 3 nitrogen and oxygen atoms in total. The van der Waals surface area contributed by atoms with Gasteiger partial charge < -0.3 is 9.84 Å². The van der Waals surface area contributed by atoms with Crippen molar-refractivity contribution in [1.82, 2.24) is 0 Å². The van der Waals surface area contributed by atoms with Gasteiger partial charge in [0.15, 0.2) is 0 Å². The molecular formula is C38H78O3. The highest BCUT2D eigenvalue weighted by molar-refractivity contribution is 5.62. The van der Waals surface area contributed by atoms with E-state index in [9.17, 15) is 0 Å². The molecule has 0 aromatic carbocycles. The van der Waals surface area contributed by atoms with E-state index in [4.69, 9.17) is 14.6 Å². The minimum absolute atomic E-state index is 0.833. The highest BCUT2D eigenvalue weighted by Crippen LogP contribution is 2.15. The van der Waals surface area contributed by atoms with Crippen molar-refractivity contribution in [3.63, 3.8) is 0 Å². The molecule has 0 heterocycles. The topological polar surface area (TPSA) is 46.5 Å². The minimum atomic E-state index is -0.833. The lowest BCUT2D eigenvalue weighted by Crippen LogP contribution is -1.97. The van der Waals surface area contributed by atoms with Gasteiger partial charge in [-0.3, -0.25) is 4.79 Å². The zero-order valence-electron chi connectivity index (χ0n) is 28.8. The number of unbranched alkanes of at least 4 members (excludes halogenated alkanes) is 30. The van der Waals surface area contributed by atoms with Gasteiger partial charge in [0, 0.05) is 20.1 Å². The van der Waals surface area contributed by atoms with Gasteiger partial charge in [-0.15, -0.1) is 0 Å². The normalized spacial score (nSPS) is 11.0. The smallest absolute Gasteiger partial charge is 0.300 e. The second-order valence-corrected chi connectivity index (χ2v) is 12.7. The monoisotopic (exact) mass is 583 g/mol. The maximum absolute atomic E-state index is 9.00. The van der Waals surface area contributed by atoms with Crippen LogP contribution in [0.15, 0.2) is 0 Å². The van der Waals surface area contributed by atoms with Crippen molar-refractivity contribution in [1.29, 1.82) is 0 Å². The van der Waals surface area contributed by atoms with Crippen LogP contribution in [-0.4, -0.2) is 24.3 Å². The highest BCUT2D eigenvalue weighted by Gasteiger charge is 1.97. The van der Waals surface area contributed by atoms with E-state index < -0.39 is 5.97 Å². The third-order valence-corrected chi connectivity index (χ3v) is 8.28. The van der Waals surface area contributed by atoms with Gasteiger partial charge in [0.05, 0.1) is 0 Å². The number of ether oxygens (including phenoxy) is 1. The molecule has 0 unspecified atom stereocenters. The minimum Gasteiger partial charge on any atom is -0.481 e. The predicted molar refractivity (Wildman–Crippen MR) is 183 cm³/mol. The van der Waals surface area contributed by atoms with Crippen molar-refractivity contribution in [2.45, 2.75) is 226 Å². The van der Waals surface area contributed by atoms with Gasteiger partial charge in [-0.25, -0.2) is 0 Å². The van der Waals surface area contributed by atoms with E-state index in [2.05, 4.69) is 13.8 Å². The largest absolute Gasteiger partial charge is 0.481 e. The number of rotatable bonds is 34. The van der Waals surface area contributed by atoms with Gasteiger partial charge >= 0.3 is 0 Å². The molecule has 0 atom stereocenters. The summed E-state index contributed by atoms with van der Waals surface area (Å²) >= 11 is 0. The SMILES string of the molecule is CC(=O)O.CCCCCCCCCCCCCCCCCCOCCCCCCCCCCCCCCCCCC. The van der Waals surface area contributed by atoms with Crippen LogP contribution in [0.2, 0.25) is 0 Å². The molecule has 1 N–H and O–H groups in total. The molecule has 0 radical (unpaired) electrons. The molecular weight excluding hydrogens is 504 g/mol. The first-order chi connectivity index (χ1) is 20.1. The van der Waals surface area contributed by atoms with Crippen LogP contribution in [0.5, 0.6) is 0 Å². The highest BCUT2D eigenvalue weighted by atomic mass is 16.5. The Kier molecular flexibility index (Phi) is 43.1. The van der Waals surface area contributed by atoms with Crippen LogP contribution >= 0.6 is 0 Å². The van der Waals surface area contributed by atoms with Gasteiger partial charge in [0.1, 0.15) is 0 Å². The Morgan fingerprint density at radius 1 is 0.366 bits per heavy atom. The van der Waals surface area contributed by atoms with Gasteiger partial charge in [-0.05, 0) is 12.8 Å². The summed E-state index contributed by atoms with van der Waals surface area (Å²) in [4.78, 5) is 9.00. The molecule has 0 fully saturated rings. The van der Waals surface area contributed by atoms with Crippen LogP contribution in [0.3, 0.4) is 0 Å². The Morgan fingerprint density at radius 2 is 0.512 bits per heavy atom. The molecule has 41 heavy (non-hydrogen) atoms. The number of hydrogen-bond donors (Lipinski definition) is 1. The van der Waals surface area contributed by atoms with E-state index in [1.807, 2.05) is 0 Å². The predicted octanol–water partition coefficient (Wildman–Crippen LogP) is 13.6. The number of carbonyl (C=O) groups is 1. The van der Waals surface area contributed by atoms with E-state index in [1.54, 1.807) is 0 Å². The van der Waals surface area contributed by atoms with Gasteiger partial charge in [0.25, 0.3) is 5.97 Å². The average Bonchev–Trinajstić information content (AvgIpc) is 2.95. The fraction of sp³-hybridized carbons (Fsp3) is 0.974.